The van der Waals surface area contributed by atoms with Crippen molar-refractivity contribution < 1.29 is 0 Å². The van der Waals surface area contributed by atoms with Crippen LogP contribution in [0.4, 0.5) is 0 Å². The van der Waals surface area contributed by atoms with Gasteiger partial charge in [0.15, 0.2) is 5.84 Å². The number of aryl methyl sites for hydroxylation is 1. The van der Waals surface area contributed by atoms with Crippen molar-refractivity contribution in [2.75, 3.05) is 0 Å². The molecular weight excluding hydrogens is 374 g/mol. The number of hydrogen-bond donors (Lipinski definition) is 2. The van der Waals surface area contributed by atoms with E-state index >= 15 is 0 Å². The first-order chi connectivity index (χ1) is 12.1. The molecule has 0 radical (unpaired) electrons. The summed E-state index contributed by atoms with van der Waals surface area (Å²) in [4.78, 5) is 4.12. The number of halogens is 1. The van der Waals surface area contributed by atoms with E-state index in [-0.39, 0.29) is 5.84 Å². The number of nitrogens with two attached hydrogens (primary N) is 1. The lowest BCUT2D eigenvalue weighted by atomic mass is 10.2. The van der Waals surface area contributed by atoms with Crippen LogP contribution in [0.5, 0.6) is 0 Å². The van der Waals surface area contributed by atoms with E-state index in [9.17, 15) is 0 Å². The predicted molar refractivity (Wildman–Crippen MR) is 109 cm³/mol. The molecule has 25 heavy (non-hydrogen) atoms. The van der Waals surface area contributed by atoms with Gasteiger partial charge in [0.25, 0.3) is 0 Å². The molecule has 0 unspecified atom stereocenters. The summed E-state index contributed by atoms with van der Waals surface area (Å²) in [6.07, 6.45) is 0. The van der Waals surface area contributed by atoms with Crippen LogP contribution in [-0.2, 0) is 0 Å². The highest BCUT2D eigenvalue weighted by Gasteiger charge is 2.03. The molecule has 3 N–H and O–H groups in total. The van der Waals surface area contributed by atoms with Gasteiger partial charge in [0.2, 0.25) is 0 Å². The fraction of sp³-hybridized carbons (Fsp3) is 0.0476. The zero-order valence-electron chi connectivity index (χ0n) is 14.0. The number of nitrogens with one attached hydrogen (secondary N) is 1. The number of hydrogen-bond acceptors (Lipinski definition) is 1. The van der Waals surface area contributed by atoms with Crippen molar-refractivity contribution in [1.82, 2.24) is 0 Å². The Kier molecular flexibility index (Phi) is 7.11. The van der Waals surface area contributed by atoms with Crippen LogP contribution in [-0.4, -0.2) is 11.7 Å². The topological polar surface area (TPSA) is 62.2 Å². The summed E-state index contributed by atoms with van der Waals surface area (Å²) in [7, 11) is 0. The van der Waals surface area contributed by atoms with Crippen LogP contribution in [0.3, 0.4) is 0 Å². The molecule has 0 saturated heterocycles. The molecule has 3 nitrogen and oxygen atoms in total. The second-order valence-corrected chi connectivity index (χ2v) is 6.29. The number of nitrogens with zero attached hydrogens (tertiary/aromatic N) is 1. The SMILES string of the molecule is Cc1ccccc1.N=C(N=C(N)c1ccccc1)c1cccc(Br)c1. The van der Waals surface area contributed by atoms with Gasteiger partial charge in [-0.25, -0.2) is 4.99 Å². The standard InChI is InChI=1S/C14H12BrN3.C7H8/c15-12-8-4-7-11(9-12)14(17)18-13(16)10-5-2-1-3-6-10;1-7-5-3-2-4-6-7/h1-9H,(H3,16,17,18);2-6H,1H3. The van der Waals surface area contributed by atoms with E-state index in [1.165, 1.54) is 5.56 Å². The molecule has 126 valence electrons. The Balaban J connectivity index is 0.000000269. The molecule has 0 heterocycles. The molecule has 0 atom stereocenters. The highest BCUT2D eigenvalue weighted by molar-refractivity contribution is 9.10. The molecule has 0 bridgehead atoms. The summed E-state index contributed by atoms with van der Waals surface area (Å²) in [6.45, 7) is 2.08. The van der Waals surface area contributed by atoms with Crippen LogP contribution >= 0.6 is 15.9 Å². The largest absolute Gasteiger partial charge is 0.383 e. The van der Waals surface area contributed by atoms with Crippen LogP contribution in [0.1, 0.15) is 16.7 Å². The Morgan fingerprint density at radius 3 is 1.92 bits per heavy atom. The predicted octanol–water partition coefficient (Wildman–Crippen LogP) is 5.17. The second-order valence-electron chi connectivity index (χ2n) is 5.38. The average Bonchev–Trinajstić information content (AvgIpc) is 2.63. The third-order valence-electron chi connectivity index (χ3n) is 3.34. The van der Waals surface area contributed by atoms with E-state index < -0.39 is 0 Å². The lowest BCUT2D eigenvalue weighted by Gasteiger charge is -2.02. The summed E-state index contributed by atoms with van der Waals surface area (Å²) in [5, 5.41) is 7.92. The van der Waals surface area contributed by atoms with Gasteiger partial charge in [-0.15, -0.1) is 0 Å². The highest BCUT2D eigenvalue weighted by Crippen LogP contribution is 2.12. The molecule has 0 amide bonds. The Hall–Kier alpha value is -2.72. The van der Waals surface area contributed by atoms with Crippen molar-refractivity contribution >= 4 is 27.6 Å². The Morgan fingerprint density at radius 1 is 0.840 bits per heavy atom. The highest BCUT2D eigenvalue weighted by atomic mass is 79.9. The van der Waals surface area contributed by atoms with E-state index in [0.29, 0.717) is 5.84 Å². The Bertz CT molecular complexity index is 843. The first kappa shape index (κ1) is 18.6. The fourth-order valence-corrected chi connectivity index (χ4v) is 2.43. The zero-order chi connectivity index (χ0) is 18.1. The molecule has 3 rings (SSSR count). The van der Waals surface area contributed by atoms with Gasteiger partial charge >= 0.3 is 0 Å². The van der Waals surface area contributed by atoms with Gasteiger partial charge in [0, 0.05) is 15.6 Å². The minimum Gasteiger partial charge on any atom is -0.383 e. The fourth-order valence-electron chi connectivity index (χ4n) is 2.03. The molecule has 0 aliphatic carbocycles. The van der Waals surface area contributed by atoms with Gasteiger partial charge < -0.3 is 5.73 Å². The van der Waals surface area contributed by atoms with Crippen molar-refractivity contribution in [1.29, 1.82) is 5.41 Å². The summed E-state index contributed by atoms with van der Waals surface area (Å²) in [6, 6.07) is 27.1. The summed E-state index contributed by atoms with van der Waals surface area (Å²) in [5.74, 6) is 0.498. The lowest BCUT2D eigenvalue weighted by Crippen LogP contribution is -2.15. The molecular formula is C21H20BrN3. The van der Waals surface area contributed by atoms with Gasteiger partial charge in [0.05, 0.1) is 0 Å². The number of aliphatic imine (C=N–C) groups is 1. The Morgan fingerprint density at radius 2 is 1.40 bits per heavy atom. The summed E-state index contributed by atoms with van der Waals surface area (Å²) in [5.41, 5.74) is 8.73. The van der Waals surface area contributed by atoms with Crippen molar-refractivity contribution in [3.63, 3.8) is 0 Å². The quantitative estimate of drug-likeness (QED) is 0.457. The van der Waals surface area contributed by atoms with E-state index in [0.717, 1.165) is 15.6 Å². The molecule has 4 heteroatoms. The van der Waals surface area contributed by atoms with Gasteiger partial charge in [-0.3, -0.25) is 5.41 Å². The number of rotatable bonds is 2. The average molecular weight is 394 g/mol. The smallest absolute Gasteiger partial charge is 0.154 e. The summed E-state index contributed by atoms with van der Waals surface area (Å²) < 4.78 is 0.915. The van der Waals surface area contributed by atoms with Crippen LogP contribution in [0.2, 0.25) is 0 Å². The third-order valence-corrected chi connectivity index (χ3v) is 3.83. The number of benzene rings is 3. The minimum atomic E-state index is 0.151. The van der Waals surface area contributed by atoms with Crippen molar-refractivity contribution in [2.45, 2.75) is 6.92 Å². The Labute approximate surface area is 156 Å². The van der Waals surface area contributed by atoms with Crippen molar-refractivity contribution in [2.24, 2.45) is 10.7 Å². The first-order valence-electron chi connectivity index (χ1n) is 7.82. The molecule has 3 aromatic rings. The normalized spacial score (nSPS) is 10.6. The van der Waals surface area contributed by atoms with Crippen LogP contribution in [0.25, 0.3) is 0 Å². The monoisotopic (exact) mass is 393 g/mol. The molecule has 3 aromatic carbocycles. The van der Waals surface area contributed by atoms with E-state index in [4.69, 9.17) is 11.1 Å². The van der Waals surface area contributed by atoms with Gasteiger partial charge in [-0.2, -0.15) is 0 Å². The maximum Gasteiger partial charge on any atom is 0.154 e. The minimum absolute atomic E-state index is 0.151. The van der Waals surface area contributed by atoms with Crippen LogP contribution in [0, 0.1) is 12.3 Å². The molecule has 0 aliphatic heterocycles. The van der Waals surface area contributed by atoms with E-state index in [2.05, 4.69) is 40.0 Å². The van der Waals surface area contributed by atoms with E-state index in [1.807, 2.05) is 72.8 Å². The molecule has 0 aromatic heterocycles. The maximum absolute atomic E-state index is 7.92. The maximum atomic E-state index is 7.92. The zero-order valence-corrected chi connectivity index (χ0v) is 15.6. The van der Waals surface area contributed by atoms with Crippen LogP contribution < -0.4 is 5.73 Å². The van der Waals surface area contributed by atoms with Crippen molar-refractivity contribution in [3.05, 3.63) is 106 Å². The summed E-state index contributed by atoms with van der Waals surface area (Å²) >= 11 is 3.37. The second kappa shape index (κ2) is 9.55. The molecule has 0 aliphatic rings. The molecule has 0 spiro atoms. The third kappa shape index (κ3) is 6.36. The molecule has 0 saturated carbocycles. The van der Waals surface area contributed by atoms with Gasteiger partial charge in [-0.05, 0) is 19.1 Å². The first-order valence-corrected chi connectivity index (χ1v) is 8.61. The van der Waals surface area contributed by atoms with Crippen LogP contribution in [0.15, 0.2) is 94.4 Å². The van der Waals surface area contributed by atoms with E-state index in [1.54, 1.807) is 0 Å². The van der Waals surface area contributed by atoms with Gasteiger partial charge in [0.1, 0.15) is 5.84 Å². The van der Waals surface area contributed by atoms with Gasteiger partial charge in [-0.1, -0.05) is 94.3 Å². The number of amidine groups is 2. The lowest BCUT2D eigenvalue weighted by molar-refractivity contribution is 1.39. The molecule has 0 fully saturated rings. The van der Waals surface area contributed by atoms with Crippen molar-refractivity contribution in [3.8, 4) is 0 Å².